The van der Waals surface area contributed by atoms with Crippen molar-refractivity contribution in [1.29, 1.82) is 0 Å². The number of benzene rings is 1. The van der Waals surface area contributed by atoms with Crippen LogP contribution in [0.5, 0.6) is 0 Å². The lowest BCUT2D eigenvalue weighted by atomic mass is 10.3. The van der Waals surface area contributed by atoms with E-state index in [1.54, 1.807) is 25.1 Å². The summed E-state index contributed by atoms with van der Waals surface area (Å²) in [6.45, 7) is 1.78. The van der Waals surface area contributed by atoms with Gasteiger partial charge in [0, 0.05) is 15.7 Å². The molecule has 0 aliphatic carbocycles. The summed E-state index contributed by atoms with van der Waals surface area (Å²) >= 11 is 11.7. The second-order valence-corrected chi connectivity index (χ2v) is 5.18. The third-order valence-corrected chi connectivity index (χ3v) is 2.91. The molecule has 0 saturated heterocycles. The van der Waals surface area contributed by atoms with Crippen LogP contribution in [-0.4, -0.2) is 33.6 Å². The maximum absolute atomic E-state index is 11.9. The van der Waals surface area contributed by atoms with Crippen LogP contribution >= 0.6 is 23.2 Å². The Labute approximate surface area is 141 Å². The number of hydrogen-bond acceptors (Lipinski definition) is 5. The minimum absolute atomic E-state index is 0.144. The lowest BCUT2D eigenvalue weighted by Gasteiger charge is -2.06. The number of aromatic nitrogens is 3. The predicted molar refractivity (Wildman–Crippen MR) is 85.8 cm³/mol. The Bertz CT molecular complexity index is 699. The van der Waals surface area contributed by atoms with Gasteiger partial charge in [0.2, 0.25) is 5.91 Å². The minimum atomic E-state index is -0.641. The number of anilines is 2. The van der Waals surface area contributed by atoms with Crippen molar-refractivity contribution in [3.63, 3.8) is 0 Å². The fourth-order valence-electron chi connectivity index (χ4n) is 1.66. The molecule has 10 heteroatoms. The summed E-state index contributed by atoms with van der Waals surface area (Å²) in [6.07, 6.45) is 0.665. The zero-order valence-electron chi connectivity index (χ0n) is 12.0. The topological polar surface area (TPSA) is 98.1 Å². The molecule has 1 aromatic carbocycles. The summed E-state index contributed by atoms with van der Waals surface area (Å²) < 4.78 is 4.71. The molecule has 2 amide bonds. The summed E-state index contributed by atoms with van der Waals surface area (Å²) in [5, 5.41) is 13.6. The van der Waals surface area contributed by atoms with Gasteiger partial charge in [0.1, 0.15) is 6.54 Å². The van der Waals surface area contributed by atoms with E-state index in [2.05, 4.69) is 20.8 Å². The van der Waals surface area contributed by atoms with Gasteiger partial charge in [-0.3, -0.25) is 10.1 Å². The molecule has 1 heterocycles. The summed E-state index contributed by atoms with van der Waals surface area (Å²) in [5.74, 6) is -0.191. The Morgan fingerprint density at radius 1 is 1.22 bits per heavy atom. The minimum Gasteiger partial charge on any atom is -0.450 e. The van der Waals surface area contributed by atoms with Gasteiger partial charge < -0.3 is 10.1 Å². The first-order valence-corrected chi connectivity index (χ1v) is 7.31. The van der Waals surface area contributed by atoms with Crippen molar-refractivity contribution < 1.29 is 14.3 Å². The van der Waals surface area contributed by atoms with Gasteiger partial charge in [-0.15, -0.1) is 5.10 Å². The highest BCUT2D eigenvalue weighted by atomic mass is 35.5. The average Bonchev–Trinajstić information content (AvgIpc) is 2.84. The highest BCUT2D eigenvalue weighted by Gasteiger charge is 2.10. The summed E-state index contributed by atoms with van der Waals surface area (Å²) in [7, 11) is 0. The fraction of sp³-hybridized carbons (Fsp3) is 0.231. The van der Waals surface area contributed by atoms with Crippen molar-refractivity contribution in [2.45, 2.75) is 13.5 Å². The van der Waals surface area contributed by atoms with Crippen LogP contribution in [0.15, 0.2) is 24.4 Å². The first kappa shape index (κ1) is 17.0. The van der Waals surface area contributed by atoms with Gasteiger partial charge >= 0.3 is 6.09 Å². The number of nitrogens with zero attached hydrogens (tertiary/aromatic N) is 3. The molecular formula is C13H13Cl2N5O3. The molecule has 0 aliphatic heterocycles. The van der Waals surface area contributed by atoms with Crippen molar-refractivity contribution in [2.24, 2.45) is 0 Å². The normalized spacial score (nSPS) is 10.2. The molecule has 0 bridgehead atoms. The van der Waals surface area contributed by atoms with Gasteiger partial charge in [-0.1, -0.05) is 23.2 Å². The first-order valence-electron chi connectivity index (χ1n) is 6.56. The second-order valence-electron chi connectivity index (χ2n) is 4.31. The SMILES string of the molecule is CCOC(=O)Nc1cnn(CC(=O)Nc2cc(Cl)cc(Cl)c2)n1. The molecule has 0 spiro atoms. The zero-order chi connectivity index (χ0) is 16.8. The fourth-order valence-corrected chi connectivity index (χ4v) is 2.18. The quantitative estimate of drug-likeness (QED) is 0.857. The van der Waals surface area contributed by atoms with E-state index in [1.807, 2.05) is 0 Å². The number of rotatable bonds is 5. The molecule has 0 unspecified atom stereocenters. The molecule has 23 heavy (non-hydrogen) atoms. The van der Waals surface area contributed by atoms with E-state index in [9.17, 15) is 9.59 Å². The smallest absolute Gasteiger partial charge is 0.412 e. The maximum atomic E-state index is 11.9. The van der Waals surface area contributed by atoms with Crippen LogP contribution in [0.25, 0.3) is 0 Å². The highest BCUT2D eigenvalue weighted by Crippen LogP contribution is 2.22. The Hall–Kier alpha value is -2.32. The Kier molecular flexibility index (Phi) is 5.78. The first-order chi connectivity index (χ1) is 11.0. The maximum Gasteiger partial charge on any atom is 0.412 e. The molecule has 122 valence electrons. The van der Waals surface area contributed by atoms with Crippen LogP contribution in [0, 0.1) is 0 Å². The lowest BCUT2D eigenvalue weighted by molar-refractivity contribution is -0.117. The summed E-state index contributed by atoms with van der Waals surface area (Å²) in [4.78, 5) is 24.3. The molecule has 2 N–H and O–H groups in total. The van der Waals surface area contributed by atoms with E-state index in [4.69, 9.17) is 27.9 Å². The second kappa shape index (κ2) is 7.80. The summed E-state index contributed by atoms with van der Waals surface area (Å²) in [6, 6.07) is 4.69. The standard InChI is InChI=1S/C13H13Cl2N5O3/c1-2-23-13(22)18-11-6-16-20(19-11)7-12(21)17-10-4-8(14)3-9(15)5-10/h3-6H,2,7H2,1H3,(H,17,21)(H,18,19,22). The van der Waals surface area contributed by atoms with Crippen LogP contribution in [0.2, 0.25) is 10.0 Å². The molecule has 0 atom stereocenters. The van der Waals surface area contributed by atoms with Gasteiger partial charge in [0.15, 0.2) is 5.82 Å². The number of amides is 2. The highest BCUT2D eigenvalue weighted by molar-refractivity contribution is 6.35. The van der Waals surface area contributed by atoms with Crippen molar-refractivity contribution in [1.82, 2.24) is 15.0 Å². The van der Waals surface area contributed by atoms with E-state index in [-0.39, 0.29) is 24.9 Å². The van der Waals surface area contributed by atoms with Gasteiger partial charge in [0.05, 0.1) is 12.8 Å². The number of carbonyl (C=O) groups is 2. The molecule has 2 rings (SSSR count). The molecule has 0 radical (unpaired) electrons. The van der Waals surface area contributed by atoms with Crippen molar-refractivity contribution >= 4 is 46.7 Å². The number of ether oxygens (including phenoxy) is 1. The molecule has 0 fully saturated rings. The van der Waals surface area contributed by atoms with Crippen molar-refractivity contribution in [2.75, 3.05) is 17.2 Å². The zero-order valence-corrected chi connectivity index (χ0v) is 13.6. The predicted octanol–water partition coefficient (Wildman–Crippen LogP) is 2.79. The largest absolute Gasteiger partial charge is 0.450 e. The van der Waals surface area contributed by atoms with E-state index < -0.39 is 6.09 Å². The average molecular weight is 358 g/mol. The molecule has 8 nitrogen and oxygen atoms in total. The molecule has 0 aliphatic rings. The van der Waals surface area contributed by atoms with E-state index >= 15 is 0 Å². The van der Waals surface area contributed by atoms with E-state index in [0.717, 1.165) is 4.80 Å². The van der Waals surface area contributed by atoms with E-state index in [1.165, 1.54) is 6.20 Å². The van der Waals surface area contributed by atoms with Gasteiger partial charge in [-0.25, -0.2) is 4.79 Å². The van der Waals surface area contributed by atoms with E-state index in [0.29, 0.717) is 15.7 Å². The molecule has 0 saturated carbocycles. The number of carbonyl (C=O) groups excluding carboxylic acids is 2. The van der Waals surface area contributed by atoms with Crippen LogP contribution in [0.1, 0.15) is 6.92 Å². The molecule has 1 aromatic heterocycles. The summed E-state index contributed by atoms with van der Waals surface area (Å²) in [5.41, 5.74) is 0.463. The van der Waals surface area contributed by atoms with Crippen LogP contribution in [0.3, 0.4) is 0 Å². The van der Waals surface area contributed by atoms with Crippen LogP contribution in [0.4, 0.5) is 16.3 Å². The third kappa shape index (κ3) is 5.42. The van der Waals surface area contributed by atoms with Crippen molar-refractivity contribution in [3.8, 4) is 0 Å². The van der Waals surface area contributed by atoms with Crippen molar-refractivity contribution in [3.05, 3.63) is 34.4 Å². The van der Waals surface area contributed by atoms with Gasteiger partial charge in [-0.2, -0.15) is 9.90 Å². The molecule has 2 aromatic rings. The van der Waals surface area contributed by atoms with Crippen LogP contribution in [-0.2, 0) is 16.1 Å². The third-order valence-electron chi connectivity index (χ3n) is 2.47. The Balaban J connectivity index is 1.93. The lowest BCUT2D eigenvalue weighted by Crippen LogP contribution is -2.20. The number of hydrogen-bond donors (Lipinski definition) is 2. The van der Waals surface area contributed by atoms with Crippen LogP contribution < -0.4 is 10.6 Å². The Morgan fingerprint density at radius 3 is 2.57 bits per heavy atom. The monoisotopic (exact) mass is 357 g/mol. The van der Waals surface area contributed by atoms with Gasteiger partial charge in [-0.05, 0) is 25.1 Å². The molecular weight excluding hydrogens is 345 g/mol. The Morgan fingerprint density at radius 2 is 1.91 bits per heavy atom. The number of nitrogens with one attached hydrogen (secondary N) is 2. The van der Waals surface area contributed by atoms with Gasteiger partial charge in [0.25, 0.3) is 0 Å². The number of halogens is 2.